The Labute approximate surface area is 245 Å². The van der Waals surface area contributed by atoms with Crippen LogP contribution < -0.4 is 21.3 Å². The van der Waals surface area contributed by atoms with Gasteiger partial charge in [0.15, 0.2) is 0 Å². The average Bonchev–Trinajstić information content (AvgIpc) is 3.75. The van der Waals surface area contributed by atoms with E-state index in [1.165, 1.54) is 42.2 Å². The minimum absolute atomic E-state index is 0.0162. The minimum Gasteiger partial charge on any atom is -0.496 e. The van der Waals surface area contributed by atoms with Gasteiger partial charge in [-0.05, 0) is 70.2 Å². The summed E-state index contributed by atoms with van der Waals surface area (Å²) in [6, 6.07) is 7.53. The topological polar surface area (TPSA) is 138 Å². The van der Waals surface area contributed by atoms with Crippen molar-refractivity contribution in [3.8, 4) is 16.5 Å². The van der Waals surface area contributed by atoms with E-state index in [4.69, 9.17) is 13.9 Å². The number of nitrogens with one attached hydrogen (secondary N) is 1. The third-order valence-electron chi connectivity index (χ3n) is 8.72. The number of oxazole rings is 1. The Morgan fingerprint density at radius 2 is 1.95 bits per heavy atom. The number of methoxy groups -OCH3 is 1. The van der Waals surface area contributed by atoms with Crippen LogP contribution in [0.3, 0.4) is 0 Å². The maximum Gasteiger partial charge on any atom is 0.333 e. The number of rotatable bonds is 9. The van der Waals surface area contributed by atoms with Gasteiger partial charge in [0, 0.05) is 5.56 Å². The lowest BCUT2D eigenvalue weighted by Gasteiger charge is -2.27. The normalized spacial score (nSPS) is 19.8. The molecule has 0 spiro atoms. The number of aliphatic carboxylic acids is 1. The number of ether oxygens (including phenoxy) is 2. The molecule has 2 fully saturated rings. The highest BCUT2D eigenvalue weighted by Gasteiger charge is 2.40. The molecule has 1 aliphatic carbocycles. The number of nitrogens with zero attached hydrogens (tertiary/aromatic N) is 3. The zero-order valence-electron chi connectivity index (χ0n) is 24.0. The van der Waals surface area contributed by atoms with E-state index < -0.39 is 28.9 Å². The van der Waals surface area contributed by atoms with Gasteiger partial charge in [-0.15, -0.1) is 11.3 Å². The number of fused-ring (bicyclic) bond motifs is 2. The largest absolute Gasteiger partial charge is 0.496 e. The van der Waals surface area contributed by atoms with Crippen molar-refractivity contribution in [3.63, 3.8) is 0 Å². The van der Waals surface area contributed by atoms with E-state index in [-0.39, 0.29) is 18.0 Å². The third-order valence-corrected chi connectivity index (χ3v) is 10.0. The van der Waals surface area contributed by atoms with Gasteiger partial charge < -0.3 is 24.3 Å². The lowest BCUT2D eigenvalue weighted by atomic mass is 10.0. The monoisotopic (exact) mass is 594 g/mol. The molecule has 1 aromatic carbocycles. The van der Waals surface area contributed by atoms with Gasteiger partial charge in [-0.2, -0.15) is 0 Å². The predicted octanol–water partition coefficient (Wildman–Crippen LogP) is 3.77. The van der Waals surface area contributed by atoms with Crippen molar-refractivity contribution >= 4 is 27.5 Å². The molecule has 3 atom stereocenters. The van der Waals surface area contributed by atoms with Crippen LogP contribution in [0, 0.1) is 18.8 Å². The number of hydrogen-bond donors (Lipinski definition) is 2. The number of carboxylic acid groups (broad SMARTS) is 1. The summed E-state index contributed by atoms with van der Waals surface area (Å²) in [7, 11) is 1.59. The summed E-state index contributed by atoms with van der Waals surface area (Å²) >= 11 is 1.22. The first-order chi connectivity index (χ1) is 20.1. The fourth-order valence-corrected chi connectivity index (χ4v) is 7.64. The molecule has 2 aliphatic rings. The Morgan fingerprint density at radius 1 is 1.24 bits per heavy atom. The van der Waals surface area contributed by atoms with Crippen LogP contribution in [0.5, 0.6) is 5.75 Å². The molecule has 0 radical (unpaired) electrons. The number of benzene rings is 1. The number of carboxylic acids is 1. The molecule has 1 saturated heterocycles. The van der Waals surface area contributed by atoms with Crippen molar-refractivity contribution in [2.75, 3.05) is 20.2 Å². The van der Waals surface area contributed by atoms with Gasteiger partial charge >= 0.3 is 11.7 Å². The number of carbonyl (C=O) groups is 1. The number of thiophene rings is 1. The summed E-state index contributed by atoms with van der Waals surface area (Å²) in [5, 5.41) is 13.8. The van der Waals surface area contributed by atoms with Gasteiger partial charge in [0.2, 0.25) is 5.89 Å². The van der Waals surface area contributed by atoms with Crippen LogP contribution in [-0.2, 0) is 21.6 Å². The fourth-order valence-electron chi connectivity index (χ4n) is 6.40. The van der Waals surface area contributed by atoms with E-state index in [2.05, 4.69) is 10.3 Å². The molecule has 3 aromatic heterocycles. The molecule has 11 nitrogen and oxygen atoms in total. The second-order valence-corrected chi connectivity index (χ2v) is 12.6. The van der Waals surface area contributed by atoms with Crippen LogP contribution in [0.2, 0.25) is 0 Å². The van der Waals surface area contributed by atoms with E-state index in [1.807, 2.05) is 24.3 Å². The molecular weight excluding hydrogens is 560 g/mol. The molecule has 1 aliphatic heterocycles. The van der Waals surface area contributed by atoms with Gasteiger partial charge in [0.25, 0.3) is 5.56 Å². The smallest absolute Gasteiger partial charge is 0.333 e. The fraction of sp³-hybridized carbons (Fsp3) is 0.467. The van der Waals surface area contributed by atoms with Crippen LogP contribution in [0.15, 0.2) is 50.7 Å². The van der Waals surface area contributed by atoms with Crippen molar-refractivity contribution in [2.45, 2.75) is 57.9 Å². The Morgan fingerprint density at radius 3 is 2.60 bits per heavy atom. The quantitative estimate of drug-likeness (QED) is 0.297. The SMILES string of the molecule is COc1ccccc1[C@H](Cn1c(=O)n(C(C)(C)C(=O)O)c(=O)c2c(C)c(-c3ncco3)sc21)OC1C[C@@H]2CNC[C@H]2C1. The van der Waals surface area contributed by atoms with Gasteiger partial charge in [-0.1, -0.05) is 18.2 Å². The van der Waals surface area contributed by atoms with Crippen molar-refractivity contribution in [1.29, 1.82) is 0 Å². The standard InChI is InChI=1S/C30H34N4O7S/c1-16-23-26(35)34(30(2,3)28(36)37)29(38)33(27(23)42-24(16)25-32-9-10-40-25)15-22(20-7-5-6-8-21(20)39-4)41-19-11-17-13-31-14-18(17)12-19/h5-10,17-19,22,31H,11-15H2,1-4H3,(H,36,37)/t17-,18-,22+/m1/s1. The Hall–Kier alpha value is -3.74. The maximum absolute atomic E-state index is 14.2. The lowest BCUT2D eigenvalue weighted by Crippen LogP contribution is -2.52. The second-order valence-electron chi connectivity index (χ2n) is 11.6. The van der Waals surface area contributed by atoms with Crippen LogP contribution in [-0.4, -0.2) is 51.5 Å². The molecule has 6 rings (SSSR count). The first kappa shape index (κ1) is 28.4. The summed E-state index contributed by atoms with van der Waals surface area (Å²) in [6.45, 7) is 6.44. The molecule has 2 N–H and O–H groups in total. The van der Waals surface area contributed by atoms with Crippen LogP contribution in [0.1, 0.15) is 43.9 Å². The van der Waals surface area contributed by atoms with E-state index >= 15 is 0 Å². The van der Waals surface area contributed by atoms with Crippen LogP contribution in [0.4, 0.5) is 0 Å². The molecule has 0 bridgehead atoms. The molecule has 42 heavy (non-hydrogen) atoms. The zero-order chi connectivity index (χ0) is 29.8. The molecule has 1 saturated carbocycles. The average molecular weight is 595 g/mol. The van der Waals surface area contributed by atoms with Crippen molar-refractivity contribution < 1.29 is 23.8 Å². The lowest BCUT2D eigenvalue weighted by molar-refractivity contribution is -0.146. The molecule has 4 heterocycles. The van der Waals surface area contributed by atoms with Gasteiger partial charge in [-0.25, -0.2) is 19.1 Å². The summed E-state index contributed by atoms with van der Waals surface area (Å²) < 4.78 is 20.3. The van der Waals surface area contributed by atoms with Crippen molar-refractivity contribution in [3.05, 3.63) is 68.7 Å². The highest BCUT2D eigenvalue weighted by Crippen LogP contribution is 2.41. The molecule has 0 unspecified atom stereocenters. The molecule has 0 amide bonds. The van der Waals surface area contributed by atoms with Crippen LogP contribution >= 0.6 is 11.3 Å². The highest BCUT2D eigenvalue weighted by molar-refractivity contribution is 7.22. The third kappa shape index (κ3) is 4.67. The molecule has 12 heteroatoms. The van der Waals surface area contributed by atoms with E-state index in [9.17, 15) is 19.5 Å². The Kier molecular flexibility index (Phi) is 7.32. The molecule has 222 valence electrons. The van der Waals surface area contributed by atoms with E-state index in [0.29, 0.717) is 38.7 Å². The van der Waals surface area contributed by atoms with Crippen molar-refractivity contribution in [2.24, 2.45) is 11.8 Å². The summed E-state index contributed by atoms with van der Waals surface area (Å²) in [5.74, 6) is 0.735. The van der Waals surface area contributed by atoms with Crippen molar-refractivity contribution in [1.82, 2.24) is 19.4 Å². The first-order valence-electron chi connectivity index (χ1n) is 14.0. The summed E-state index contributed by atoms with van der Waals surface area (Å²) in [6.07, 6.45) is 4.14. The minimum atomic E-state index is -1.81. The van der Waals surface area contributed by atoms with Gasteiger partial charge in [-0.3, -0.25) is 9.36 Å². The zero-order valence-corrected chi connectivity index (χ0v) is 24.8. The predicted molar refractivity (Wildman–Crippen MR) is 157 cm³/mol. The first-order valence-corrected chi connectivity index (χ1v) is 14.8. The summed E-state index contributed by atoms with van der Waals surface area (Å²) in [4.78, 5) is 45.7. The second kappa shape index (κ2) is 10.8. The summed E-state index contributed by atoms with van der Waals surface area (Å²) in [5.41, 5.74) is -1.87. The number of hydrogen-bond acceptors (Lipinski definition) is 9. The van der Waals surface area contributed by atoms with E-state index in [0.717, 1.165) is 36.1 Å². The van der Waals surface area contributed by atoms with Gasteiger partial charge in [0.1, 0.15) is 28.5 Å². The van der Waals surface area contributed by atoms with E-state index in [1.54, 1.807) is 14.0 Å². The molecular formula is C30H34N4O7S. The number of para-hydroxylation sites is 1. The van der Waals surface area contributed by atoms with Gasteiger partial charge in [0.05, 0.1) is 36.2 Å². The number of aromatic nitrogens is 3. The number of aryl methyl sites for hydroxylation is 1. The highest BCUT2D eigenvalue weighted by atomic mass is 32.1. The Balaban J connectivity index is 1.54. The Bertz CT molecular complexity index is 1740. The maximum atomic E-state index is 14.2. The van der Waals surface area contributed by atoms with Crippen LogP contribution in [0.25, 0.3) is 21.0 Å². The molecule has 4 aromatic rings.